The first-order valence-electron chi connectivity index (χ1n) is 9.09. The van der Waals surface area contributed by atoms with E-state index in [1.165, 1.54) is 75.7 Å². The Balaban J connectivity index is 0.000000518. The predicted octanol–water partition coefficient (Wildman–Crippen LogP) is 8.11. The monoisotopic (exact) mass is 386 g/mol. The number of benzene rings is 1. The van der Waals surface area contributed by atoms with Crippen molar-refractivity contribution in [3.05, 3.63) is 34.8 Å². The molecule has 0 bridgehead atoms. The highest BCUT2D eigenvalue weighted by atomic mass is 79.9. The molecule has 1 aromatic carbocycles. The van der Waals surface area contributed by atoms with Crippen LogP contribution in [0.3, 0.4) is 0 Å². The molecule has 0 nitrogen and oxygen atoms in total. The van der Waals surface area contributed by atoms with Gasteiger partial charge in [-0.05, 0) is 30.1 Å². The summed E-state index contributed by atoms with van der Waals surface area (Å²) in [7, 11) is 0. The number of thioether (sulfide) groups is 1. The molecule has 128 valence electrons. The zero-order valence-electron chi connectivity index (χ0n) is 14.7. The molecule has 1 aromatic rings. The van der Waals surface area contributed by atoms with Gasteiger partial charge in [0.25, 0.3) is 0 Å². The number of rotatable bonds is 12. The first kappa shape index (κ1) is 22.1. The predicted molar refractivity (Wildman–Crippen MR) is 109 cm³/mol. The summed E-state index contributed by atoms with van der Waals surface area (Å²) in [6.07, 6.45) is 14.5. The summed E-state index contributed by atoms with van der Waals surface area (Å²) in [5.74, 6) is 2.67. The fourth-order valence-corrected chi connectivity index (χ4v) is 3.25. The van der Waals surface area contributed by atoms with Crippen molar-refractivity contribution in [2.24, 2.45) is 0 Å². The molecule has 0 heterocycles. The van der Waals surface area contributed by atoms with E-state index in [0.29, 0.717) is 0 Å². The van der Waals surface area contributed by atoms with Crippen molar-refractivity contribution in [3.63, 3.8) is 0 Å². The Morgan fingerprint density at radius 2 is 1.23 bits per heavy atom. The quantitative estimate of drug-likeness (QED) is 0.326. The smallest absolute Gasteiger partial charge is 0.0175 e. The fraction of sp³-hybridized carbons (Fsp3) is 0.700. The van der Waals surface area contributed by atoms with Gasteiger partial charge >= 0.3 is 0 Å². The summed E-state index contributed by atoms with van der Waals surface area (Å²) < 4.78 is 1.13. The lowest BCUT2D eigenvalue weighted by atomic mass is 10.1. The van der Waals surface area contributed by atoms with E-state index in [-0.39, 0.29) is 0 Å². The van der Waals surface area contributed by atoms with Gasteiger partial charge in [0.1, 0.15) is 0 Å². The topological polar surface area (TPSA) is 0 Å². The number of hydrogen-bond acceptors (Lipinski definition) is 1. The van der Waals surface area contributed by atoms with E-state index < -0.39 is 0 Å². The summed E-state index contributed by atoms with van der Waals surface area (Å²) in [5.41, 5.74) is 0. The lowest BCUT2D eigenvalue weighted by Gasteiger charge is -2.01. The van der Waals surface area contributed by atoms with Crippen molar-refractivity contribution in [1.29, 1.82) is 0 Å². The molecule has 0 atom stereocenters. The number of halogens is 1. The molecule has 0 aliphatic carbocycles. The summed E-state index contributed by atoms with van der Waals surface area (Å²) >= 11 is 5.40. The van der Waals surface area contributed by atoms with Crippen LogP contribution in [0.25, 0.3) is 0 Å². The maximum absolute atomic E-state index is 3.31. The largest absolute Gasteiger partial charge is 0.162 e. The van der Waals surface area contributed by atoms with Gasteiger partial charge < -0.3 is 0 Å². The van der Waals surface area contributed by atoms with Gasteiger partial charge in [-0.15, -0.1) is 0 Å². The van der Waals surface area contributed by atoms with Crippen molar-refractivity contribution in [1.82, 2.24) is 0 Å². The highest BCUT2D eigenvalue weighted by Gasteiger charge is 1.92. The Kier molecular flexibility index (Phi) is 19.1. The van der Waals surface area contributed by atoms with Gasteiger partial charge in [-0.1, -0.05) is 106 Å². The van der Waals surface area contributed by atoms with E-state index in [4.69, 9.17) is 0 Å². The molecule has 0 aliphatic rings. The van der Waals surface area contributed by atoms with Crippen LogP contribution >= 0.6 is 27.7 Å². The maximum Gasteiger partial charge on any atom is 0.0175 e. The van der Waals surface area contributed by atoms with E-state index in [2.05, 4.69) is 41.5 Å². The third kappa shape index (κ3) is 18.1. The molecule has 0 spiro atoms. The van der Waals surface area contributed by atoms with Gasteiger partial charge in [-0.25, -0.2) is 0 Å². The van der Waals surface area contributed by atoms with Crippen LogP contribution < -0.4 is 0 Å². The molecular formula is C20H35BrS. The normalized spacial score (nSPS) is 10.1. The van der Waals surface area contributed by atoms with Crippen LogP contribution in [0, 0.1) is 0 Å². The summed E-state index contributed by atoms with van der Waals surface area (Å²) in [4.78, 5) is 0. The maximum atomic E-state index is 3.31. The zero-order valence-corrected chi connectivity index (χ0v) is 17.1. The molecular weight excluding hydrogens is 352 g/mol. The number of hydrogen-bond donors (Lipinski definition) is 0. The van der Waals surface area contributed by atoms with E-state index in [1.54, 1.807) is 0 Å². The van der Waals surface area contributed by atoms with Crippen LogP contribution in [0.15, 0.2) is 34.8 Å². The minimum absolute atomic E-state index is 1.13. The molecule has 0 fully saturated rings. The molecule has 0 N–H and O–H groups in total. The summed E-state index contributed by atoms with van der Waals surface area (Å²) in [5, 5.41) is 0. The van der Waals surface area contributed by atoms with E-state index in [0.717, 1.165) is 4.47 Å². The summed E-state index contributed by atoms with van der Waals surface area (Å²) in [6, 6.07) is 9.97. The first-order valence-corrected chi connectivity index (χ1v) is 11.0. The Bertz CT molecular complexity index is 288. The highest BCUT2D eigenvalue weighted by molar-refractivity contribution is 9.10. The van der Waals surface area contributed by atoms with Crippen LogP contribution in [-0.2, 0) is 0 Å². The second kappa shape index (κ2) is 19.1. The molecule has 0 amide bonds. The minimum atomic E-state index is 1.13. The number of unbranched alkanes of at least 4 members (excludes halogenated alkanes) is 9. The van der Waals surface area contributed by atoms with Gasteiger partial charge in [0, 0.05) is 4.47 Å². The second-order valence-corrected chi connectivity index (χ2v) is 7.98. The molecule has 22 heavy (non-hydrogen) atoms. The SMILES string of the molecule is Brc1ccccc1.CCCCCCCCCCCCSCC. The molecule has 2 heteroatoms. The van der Waals surface area contributed by atoms with Gasteiger partial charge in [-0.2, -0.15) is 11.8 Å². The molecule has 0 aliphatic heterocycles. The zero-order chi connectivity index (χ0) is 16.3. The van der Waals surface area contributed by atoms with Gasteiger partial charge in [0.05, 0.1) is 0 Å². The highest BCUT2D eigenvalue weighted by Crippen LogP contribution is 2.12. The third-order valence-corrected chi connectivity index (χ3v) is 5.09. The van der Waals surface area contributed by atoms with Gasteiger partial charge in [0.2, 0.25) is 0 Å². The summed E-state index contributed by atoms with van der Waals surface area (Å²) in [6.45, 7) is 4.54. The van der Waals surface area contributed by atoms with E-state index in [9.17, 15) is 0 Å². The van der Waals surface area contributed by atoms with Crippen LogP contribution in [-0.4, -0.2) is 11.5 Å². The second-order valence-electron chi connectivity index (χ2n) is 5.67. The van der Waals surface area contributed by atoms with Crippen LogP contribution in [0.1, 0.15) is 78.1 Å². The fourth-order valence-electron chi connectivity index (χ4n) is 2.25. The average molecular weight is 387 g/mol. The van der Waals surface area contributed by atoms with Crippen molar-refractivity contribution >= 4 is 27.7 Å². The van der Waals surface area contributed by atoms with Crippen LogP contribution in [0.2, 0.25) is 0 Å². The Morgan fingerprint density at radius 1 is 0.727 bits per heavy atom. The molecule has 0 radical (unpaired) electrons. The Morgan fingerprint density at radius 3 is 1.64 bits per heavy atom. The standard InChI is InChI=1S/C14H30S.C6H5Br/c1-3-5-6-7-8-9-10-11-12-13-14-15-4-2;7-6-4-2-1-3-5-6/h3-14H2,1-2H3;1-5H. The minimum Gasteiger partial charge on any atom is -0.162 e. The molecule has 0 unspecified atom stereocenters. The van der Waals surface area contributed by atoms with Crippen LogP contribution in [0.4, 0.5) is 0 Å². The lowest BCUT2D eigenvalue weighted by Crippen LogP contribution is -1.84. The van der Waals surface area contributed by atoms with Crippen molar-refractivity contribution in [2.45, 2.75) is 78.1 Å². The molecule has 0 aromatic heterocycles. The van der Waals surface area contributed by atoms with Crippen molar-refractivity contribution < 1.29 is 0 Å². The lowest BCUT2D eigenvalue weighted by molar-refractivity contribution is 0.563. The molecule has 1 rings (SSSR count). The van der Waals surface area contributed by atoms with Crippen molar-refractivity contribution in [3.8, 4) is 0 Å². The van der Waals surface area contributed by atoms with Crippen molar-refractivity contribution in [2.75, 3.05) is 11.5 Å². The van der Waals surface area contributed by atoms with Gasteiger partial charge in [-0.3, -0.25) is 0 Å². The Hall–Kier alpha value is 0.0500. The molecule has 0 saturated carbocycles. The van der Waals surface area contributed by atoms with Gasteiger partial charge in [0.15, 0.2) is 0 Å². The van der Waals surface area contributed by atoms with Crippen LogP contribution in [0.5, 0.6) is 0 Å². The first-order chi connectivity index (χ1) is 10.8. The molecule has 0 saturated heterocycles. The Labute approximate surface area is 152 Å². The van der Waals surface area contributed by atoms with E-state index in [1.807, 2.05) is 30.3 Å². The average Bonchev–Trinajstić information content (AvgIpc) is 2.54. The van der Waals surface area contributed by atoms with E-state index >= 15 is 0 Å². The third-order valence-electron chi connectivity index (χ3n) is 3.58.